The smallest absolute Gasteiger partial charge is 0.253 e. The van der Waals surface area contributed by atoms with Gasteiger partial charge in [-0.25, -0.2) is 0 Å². The minimum absolute atomic E-state index is 0.0170. The van der Waals surface area contributed by atoms with Gasteiger partial charge in [0, 0.05) is 43.4 Å². The second-order valence-corrected chi connectivity index (χ2v) is 8.22. The van der Waals surface area contributed by atoms with Gasteiger partial charge in [-0.2, -0.15) is 0 Å². The molecular weight excluding hydrogens is 374 g/mol. The second-order valence-electron chi connectivity index (χ2n) is 8.22. The zero-order valence-electron chi connectivity index (χ0n) is 16.8. The Morgan fingerprint density at radius 3 is 2.27 bits per heavy atom. The van der Waals surface area contributed by atoms with Gasteiger partial charge in [-0.05, 0) is 29.8 Å². The van der Waals surface area contributed by atoms with E-state index in [0.29, 0.717) is 19.6 Å². The zero-order valence-corrected chi connectivity index (χ0v) is 16.8. The van der Waals surface area contributed by atoms with Gasteiger partial charge >= 0.3 is 0 Å². The number of aromatic nitrogens is 1. The largest absolute Gasteiger partial charge is 0.395 e. The van der Waals surface area contributed by atoms with Crippen molar-refractivity contribution in [3.05, 3.63) is 102 Å². The van der Waals surface area contributed by atoms with Gasteiger partial charge in [-0.15, -0.1) is 0 Å². The highest BCUT2D eigenvalue weighted by Crippen LogP contribution is 2.54. The van der Waals surface area contributed by atoms with Crippen molar-refractivity contribution in [2.24, 2.45) is 0 Å². The number of rotatable bonds is 5. The van der Waals surface area contributed by atoms with E-state index >= 15 is 0 Å². The monoisotopic (exact) mass is 399 g/mol. The van der Waals surface area contributed by atoms with Crippen LogP contribution in [-0.4, -0.2) is 57.1 Å². The molecule has 2 aromatic carbocycles. The Hall–Kier alpha value is -3.02. The predicted molar refractivity (Wildman–Crippen MR) is 115 cm³/mol. The molecule has 1 amide bonds. The number of aliphatic hydroxyl groups excluding tert-OH is 1. The van der Waals surface area contributed by atoms with Crippen molar-refractivity contribution in [2.75, 3.05) is 19.7 Å². The molecule has 3 aromatic rings. The minimum Gasteiger partial charge on any atom is -0.395 e. The molecule has 152 valence electrons. The van der Waals surface area contributed by atoms with Crippen LogP contribution in [0.25, 0.3) is 0 Å². The number of carbonyl (C=O) groups excluding carboxylic acids is 1. The number of carbonyl (C=O) groups is 1. The van der Waals surface area contributed by atoms with Crippen LogP contribution in [0.5, 0.6) is 0 Å². The highest BCUT2D eigenvalue weighted by atomic mass is 16.3. The molecule has 1 aromatic heterocycles. The predicted octanol–water partition coefficient (Wildman–Crippen LogP) is 2.94. The number of pyridine rings is 1. The normalized spacial score (nSPS) is 22.4. The van der Waals surface area contributed by atoms with Gasteiger partial charge in [0.1, 0.15) is 0 Å². The zero-order chi connectivity index (χ0) is 20.6. The van der Waals surface area contributed by atoms with Crippen molar-refractivity contribution in [3.63, 3.8) is 0 Å². The van der Waals surface area contributed by atoms with Crippen molar-refractivity contribution < 1.29 is 9.90 Å². The Balaban J connectivity index is 1.43. The maximum atomic E-state index is 13.0. The molecule has 3 heterocycles. The molecule has 2 aliphatic heterocycles. The standard InChI is InChI=1S/C25H25N3O2/c29-16-22-23(19-9-3-1-4-10-19)25(28(22)15-21-13-7-8-14-26-21)17-27(18-25)24(30)20-11-5-2-6-12-20/h1-14,22-23,29H,15-18H2/t22-,23-/m1/s1. The van der Waals surface area contributed by atoms with E-state index in [1.165, 1.54) is 5.56 Å². The third-order valence-electron chi connectivity index (χ3n) is 6.58. The highest BCUT2D eigenvalue weighted by molar-refractivity contribution is 5.95. The van der Waals surface area contributed by atoms with Crippen LogP contribution < -0.4 is 0 Å². The number of amides is 1. The molecule has 2 atom stereocenters. The highest BCUT2D eigenvalue weighted by Gasteiger charge is 2.66. The van der Waals surface area contributed by atoms with Gasteiger partial charge in [0.15, 0.2) is 0 Å². The Morgan fingerprint density at radius 2 is 1.63 bits per heavy atom. The molecule has 5 nitrogen and oxygen atoms in total. The van der Waals surface area contributed by atoms with Crippen LogP contribution >= 0.6 is 0 Å². The average Bonchev–Trinajstić information content (AvgIpc) is 2.77. The quantitative estimate of drug-likeness (QED) is 0.717. The molecule has 1 spiro atoms. The Labute approximate surface area is 176 Å². The third kappa shape index (κ3) is 3.02. The van der Waals surface area contributed by atoms with E-state index in [9.17, 15) is 9.90 Å². The van der Waals surface area contributed by atoms with Crippen LogP contribution in [0.15, 0.2) is 85.1 Å². The molecule has 0 bridgehead atoms. The van der Waals surface area contributed by atoms with Crippen molar-refractivity contribution in [2.45, 2.75) is 24.0 Å². The van der Waals surface area contributed by atoms with Crippen molar-refractivity contribution in [3.8, 4) is 0 Å². The molecular formula is C25H25N3O2. The lowest BCUT2D eigenvalue weighted by molar-refractivity contribution is -0.184. The number of nitrogens with zero attached hydrogens (tertiary/aromatic N) is 3. The van der Waals surface area contributed by atoms with E-state index < -0.39 is 0 Å². The Kier molecular flexibility index (Phi) is 4.85. The lowest BCUT2D eigenvalue weighted by atomic mass is 9.60. The summed E-state index contributed by atoms with van der Waals surface area (Å²) in [6, 6.07) is 25.8. The number of likely N-dealkylation sites (tertiary alicyclic amines) is 2. The molecule has 0 saturated carbocycles. The fourth-order valence-corrected chi connectivity index (χ4v) is 5.20. The van der Waals surface area contributed by atoms with Crippen LogP contribution in [0.1, 0.15) is 27.5 Å². The van der Waals surface area contributed by atoms with E-state index in [0.717, 1.165) is 11.3 Å². The van der Waals surface area contributed by atoms with Gasteiger partial charge in [-0.3, -0.25) is 14.7 Å². The molecule has 0 unspecified atom stereocenters. The van der Waals surface area contributed by atoms with Crippen LogP contribution in [0.2, 0.25) is 0 Å². The number of benzene rings is 2. The molecule has 2 aliphatic rings. The topological polar surface area (TPSA) is 56.7 Å². The van der Waals surface area contributed by atoms with E-state index in [1.807, 2.05) is 71.6 Å². The van der Waals surface area contributed by atoms with Crippen molar-refractivity contribution >= 4 is 5.91 Å². The van der Waals surface area contributed by atoms with Gasteiger partial charge in [0.25, 0.3) is 5.91 Å². The van der Waals surface area contributed by atoms with Crippen LogP contribution in [0, 0.1) is 0 Å². The number of hydrogen-bond donors (Lipinski definition) is 1. The van der Waals surface area contributed by atoms with Crippen LogP contribution in [0.4, 0.5) is 0 Å². The fourth-order valence-electron chi connectivity index (χ4n) is 5.20. The van der Waals surface area contributed by atoms with Crippen LogP contribution in [-0.2, 0) is 6.54 Å². The van der Waals surface area contributed by atoms with Gasteiger partial charge in [0.05, 0.1) is 17.8 Å². The maximum Gasteiger partial charge on any atom is 0.253 e. The first-order valence-electron chi connectivity index (χ1n) is 10.4. The molecule has 0 radical (unpaired) electrons. The maximum absolute atomic E-state index is 13.0. The van der Waals surface area contributed by atoms with Gasteiger partial charge < -0.3 is 10.0 Å². The minimum atomic E-state index is -0.170. The molecule has 2 saturated heterocycles. The van der Waals surface area contributed by atoms with Crippen molar-refractivity contribution in [1.82, 2.24) is 14.8 Å². The van der Waals surface area contributed by atoms with E-state index in [4.69, 9.17) is 0 Å². The summed E-state index contributed by atoms with van der Waals surface area (Å²) in [5.41, 5.74) is 2.75. The SMILES string of the molecule is O=C(c1ccccc1)N1CC2(C1)[C@H](c1ccccc1)[C@@H](CO)N2Cc1ccccn1. The first-order valence-corrected chi connectivity index (χ1v) is 10.4. The number of hydrogen-bond acceptors (Lipinski definition) is 4. The van der Waals surface area contributed by atoms with Crippen molar-refractivity contribution in [1.29, 1.82) is 0 Å². The van der Waals surface area contributed by atoms with Crippen LogP contribution in [0.3, 0.4) is 0 Å². The summed E-state index contributed by atoms with van der Waals surface area (Å²) in [4.78, 5) is 21.7. The molecule has 5 heteroatoms. The summed E-state index contributed by atoms with van der Waals surface area (Å²) < 4.78 is 0. The molecule has 0 aliphatic carbocycles. The first-order chi connectivity index (χ1) is 14.7. The molecule has 2 fully saturated rings. The molecule has 5 rings (SSSR count). The Morgan fingerprint density at radius 1 is 0.967 bits per heavy atom. The molecule has 1 N–H and O–H groups in total. The first kappa shape index (κ1) is 19.0. The second kappa shape index (κ2) is 7.67. The van der Waals surface area contributed by atoms with E-state index in [-0.39, 0.29) is 30.0 Å². The van der Waals surface area contributed by atoms with Gasteiger partial charge in [0.2, 0.25) is 0 Å². The lowest BCUT2D eigenvalue weighted by Crippen LogP contribution is -2.84. The average molecular weight is 399 g/mol. The summed E-state index contributed by atoms with van der Waals surface area (Å²) in [6.07, 6.45) is 1.80. The summed E-state index contributed by atoms with van der Waals surface area (Å²) in [7, 11) is 0. The summed E-state index contributed by atoms with van der Waals surface area (Å²) in [6.45, 7) is 2.07. The third-order valence-corrected chi connectivity index (χ3v) is 6.58. The lowest BCUT2D eigenvalue weighted by Gasteiger charge is -2.70. The molecule has 30 heavy (non-hydrogen) atoms. The van der Waals surface area contributed by atoms with E-state index in [1.54, 1.807) is 6.20 Å². The summed E-state index contributed by atoms with van der Waals surface area (Å²) in [5, 5.41) is 10.2. The Bertz CT molecular complexity index is 1000. The fraction of sp³-hybridized carbons (Fsp3) is 0.280. The van der Waals surface area contributed by atoms with E-state index in [2.05, 4.69) is 22.0 Å². The summed E-state index contributed by atoms with van der Waals surface area (Å²) in [5.74, 6) is 0.255. The number of aliphatic hydroxyl groups is 1. The van der Waals surface area contributed by atoms with Gasteiger partial charge in [-0.1, -0.05) is 54.6 Å². The summed E-state index contributed by atoms with van der Waals surface area (Å²) >= 11 is 0.